The molecule has 4 heteroatoms. The van der Waals surface area contributed by atoms with Gasteiger partial charge in [0.15, 0.2) is 5.76 Å². The Bertz CT molecular complexity index is 1150. The van der Waals surface area contributed by atoms with E-state index in [1.165, 1.54) is 22.3 Å². The van der Waals surface area contributed by atoms with E-state index in [9.17, 15) is 4.79 Å². The largest absolute Gasteiger partial charge is 0.456 e. The zero-order valence-electron chi connectivity index (χ0n) is 16.2. The van der Waals surface area contributed by atoms with E-state index in [2.05, 4.69) is 43.2 Å². The summed E-state index contributed by atoms with van der Waals surface area (Å²) in [5, 5.41) is 3.84. The van der Waals surface area contributed by atoms with Crippen molar-refractivity contribution in [3.05, 3.63) is 94.6 Å². The molecule has 0 unspecified atom stereocenters. The summed E-state index contributed by atoms with van der Waals surface area (Å²) in [6, 6.07) is 17.4. The minimum absolute atomic E-state index is 0.264. The summed E-state index contributed by atoms with van der Waals surface area (Å²) in [5.74, 6) is 0.818. The maximum Gasteiger partial charge on any atom is 0.291 e. The molecule has 0 fully saturated rings. The first-order valence-electron chi connectivity index (χ1n) is 9.32. The molecule has 0 bridgehead atoms. The van der Waals surface area contributed by atoms with Crippen LogP contribution >= 0.6 is 0 Å². The number of aromatic nitrogens is 1. The number of hydrogen-bond acceptors (Lipinski definition) is 3. The predicted molar refractivity (Wildman–Crippen MR) is 112 cm³/mol. The molecule has 140 valence electrons. The number of rotatable bonds is 4. The summed E-state index contributed by atoms with van der Waals surface area (Å²) in [6.07, 6.45) is 2.41. The van der Waals surface area contributed by atoms with E-state index in [1.54, 1.807) is 12.3 Å². The molecule has 2 heterocycles. The van der Waals surface area contributed by atoms with Crippen molar-refractivity contribution >= 4 is 22.5 Å². The average Bonchev–Trinajstić information content (AvgIpc) is 3.14. The number of anilines is 1. The quantitative estimate of drug-likeness (QED) is 0.509. The number of carbonyl (C=O) groups excluding carboxylic acids is 1. The highest BCUT2D eigenvalue weighted by molar-refractivity contribution is 6.07. The number of furan rings is 1. The molecule has 0 saturated heterocycles. The maximum absolute atomic E-state index is 12.7. The van der Waals surface area contributed by atoms with Crippen molar-refractivity contribution in [2.75, 3.05) is 5.32 Å². The van der Waals surface area contributed by atoms with Crippen LogP contribution in [0.5, 0.6) is 0 Å². The molecule has 0 saturated carbocycles. The van der Waals surface area contributed by atoms with Gasteiger partial charge in [0.05, 0.1) is 11.2 Å². The Morgan fingerprint density at radius 1 is 1.00 bits per heavy atom. The fourth-order valence-electron chi connectivity index (χ4n) is 3.65. The first kappa shape index (κ1) is 18.0. The molecule has 4 rings (SSSR count). The summed E-state index contributed by atoms with van der Waals surface area (Å²) in [6.45, 7) is 6.32. The standard InChI is InChI=1S/C24H22N2O2/c1-15-12-16(2)20(17(3)13-15)14-18-9-10-23(28-18)24(27)26-22-8-4-7-21-19(22)6-5-11-25-21/h4-13H,14H2,1-3H3,(H,26,27). The second-order valence-corrected chi connectivity index (χ2v) is 7.15. The third kappa shape index (κ3) is 3.54. The van der Waals surface area contributed by atoms with Gasteiger partial charge >= 0.3 is 0 Å². The highest BCUT2D eigenvalue weighted by Crippen LogP contribution is 2.24. The van der Waals surface area contributed by atoms with E-state index in [0.717, 1.165) is 22.4 Å². The van der Waals surface area contributed by atoms with E-state index in [4.69, 9.17) is 4.42 Å². The summed E-state index contributed by atoms with van der Waals surface area (Å²) in [5.41, 5.74) is 6.53. The van der Waals surface area contributed by atoms with Crippen LogP contribution in [0.15, 0.2) is 65.2 Å². The molecule has 4 aromatic rings. The average molecular weight is 370 g/mol. The van der Waals surface area contributed by atoms with Crippen LogP contribution in [0.1, 0.15) is 38.6 Å². The summed E-state index contributed by atoms with van der Waals surface area (Å²) < 4.78 is 5.85. The van der Waals surface area contributed by atoms with E-state index in [1.807, 2.05) is 36.4 Å². The Kier molecular flexibility index (Phi) is 4.70. The van der Waals surface area contributed by atoms with Gasteiger partial charge < -0.3 is 9.73 Å². The van der Waals surface area contributed by atoms with E-state index in [-0.39, 0.29) is 5.91 Å². The second-order valence-electron chi connectivity index (χ2n) is 7.15. The van der Waals surface area contributed by atoms with Gasteiger partial charge in [-0.3, -0.25) is 9.78 Å². The predicted octanol–water partition coefficient (Wildman–Crippen LogP) is 5.60. The van der Waals surface area contributed by atoms with Gasteiger partial charge in [-0.05, 0) is 73.9 Å². The van der Waals surface area contributed by atoms with Crippen LogP contribution in [0.25, 0.3) is 10.9 Å². The maximum atomic E-state index is 12.7. The SMILES string of the molecule is Cc1cc(C)c(Cc2ccc(C(=O)Nc3cccc4ncccc34)o2)c(C)c1. The van der Waals surface area contributed by atoms with E-state index >= 15 is 0 Å². The molecule has 0 spiro atoms. The van der Waals surface area contributed by atoms with Crippen molar-refractivity contribution in [1.29, 1.82) is 0 Å². The van der Waals surface area contributed by atoms with Crippen molar-refractivity contribution in [2.24, 2.45) is 0 Å². The molecule has 4 nitrogen and oxygen atoms in total. The molecule has 0 atom stereocenters. The minimum Gasteiger partial charge on any atom is -0.456 e. The molecule has 0 radical (unpaired) electrons. The van der Waals surface area contributed by atoms with Crippen molar-refractivity contribution in [3.63, 3.8) is 0 Å². The minimum atomic E-state index is -0.264. The molecule has 2 aromatic carbocycles. The topological polar surface area (TPSA) is 55.1 Å². The fourth-order valence-corrected chi connectivity index (χ4v) is 3.65. The van der Waals surface area contributed by atoms with Crippen LogP contribution in [0.3, 0.4) is 0 Å². The molecule has 0 aliphatic rings. The normalized spacial score (nSPS) is 11.0. The molecule has 1 amide bonds. The lowest BCUT2D eigenvalue weighted by atomic mass is 9.97. The lowest BCUT2D eigenvalue weighted by Crippen LogP contribution is -2.11. The van der Waals surface area contributed by atoms with Crippen LogP contribution in [0, 0.1) is 20.8 Å². The van der Waals surface area contributed by atoms with Crippen LogP contribution in [0.2, 0.25) is 0 Å². The third-order valence-electron chi connectivity index (χ3n) is 4.97. The number of nitrogens with zero attached hydrogens (tertiary/aromatic N) is 1. The highest BCUT2D eigenvalue weighted by Gasteiger charge is 2.14. The molecule has 0 aliphatic heterocycles. The number of amides is 1. The number of benzene rings is 2. The van der Waals surface area contributed by atoms with Gasteiger partial charge in [0.2, 0.25) is 0 Å². The van der Waals surface area contributed by atoms with Crippen molar-refractivity contribution in [1.82, 2.24) is 4.98 Å². The molecular weight excluding hydrogens is 348 g/mol. The Morgan fingerprint density at radius 2 is 1.79 bits per heavy atom. The molecule has 28 heavy (non-hydrogen) atoms. The smallest absolute Gasteiger partial charge is 0.291 e. The van der Waals surface area contributed by atoms with Gasteiger partial charge in [0.25, 0.3) is 5.91 Å². The third-order valence-corrected chi connectivity index (χ3v) is 4.97. The van der Waals surface area contributed by atoms with E-state index < -0.39 is 0 Å². The lowest BCUT2D eigenvalue weighted by Gasteiger charge is -2.10. The van der Waals surface area contributed by atoms with Gasteiger partial charge in [-0.25, -0.2) is 0 Å². The molecule has 1 N–H and O–H groups in total. The van der Waals surface area contributed by atoms with Gasteiger partial charge in [-0.15, -0.1) is 0 Å². The number of aryl methyl sites for hydroxylation is 3. The van der Waals surface area contributed by atoms with Crippen LogP contribution in [-0.2, 0) is 6.42 Å². The first-order chi connectivity index (χ1) is 13.5. The summed E-state index contributed by atoms with van der Waals surface area (Å²) >= 11 is 0. The highest BCUT2D eigenvalue weighted by atomic mass is 16.3. The summed E-state index contributed by atoms with van der Waals surface area (Å²) in [4.78, 5) is 17.0. The number of fused-ring (bicyclic) bond motifs is 1. The molecular formula is C24H22N2O2. The number of hydrogen-bond donors (Lipinski definition) is 1. The lowest BCUT2D eigenvalue weighted by molar-refractivity contribution is 0.0995. The monoisotopic (exact) mass is 370 g/mol. The van der Waals surface area contributed by atoms with Gasteiger partial charge in [0.1, 0.15) is 5.76 Å². The Labute approximate surface area is 164 Å². The first-order valence-corrected chi connectivity index (χ1v) is 9.32. The van der Waals surface area contributed by atoms with E-state index in [0.29, 0.717) is 12.2 Å². The van der Waals surface area contributed by atoms with Crippen LogP contribution in [-0.4, -0.2) is 10.9 Å². The Hall–Kier alpha value is -3.40. The zero-order chi connectivity index (χ0) is 19.7. The van der Waals surface area contributed by atoms with Gasteiger partial charge in [-0.1, -0.05) is 23.8 Å². The van der Waals surface area contributed by atoms with Gasteiger partial charge in [0, 0.05) is 18.0 Å². The summed E-state index contributed by atoms with van der Waals surface area (Å²) in [7, 11) is 0. The fraction of sp³-hybridized carbons (Fsp3) is 0.167. The number of nitrogens with one attached hydrogen (secondary N) is 1. The van der Waals surface area contributed by atoms with Crippen LogP contribution in [0.4, 0.5) is 5.69 Å². The number of pyridine rings is 1. The zero-order valence-corrected chi connectivity index (χ0v) is 16.2. The molecule has 2 aromatic heterocycles. The van der Waals surface area contributed by atoms with Crippen molar-refractivity contribution in [2.45, 2.75) is 27.2 Å². The van der Waals surface area contributed by atoms with Crippen molar-refractivity contribution in [3.8, 4) is 0 Å². The van der Waals surface area contributed by atoms with Crippen LogP contribution < -0.4 is 5.32 Å². The molecule has 0 aliphatic carbocycles. The van der Waals surface area contributed by atoms with Gasteiger partial charge in [-0.2, -0.15) is 0 Å². The Morgan fingerprint density at radius 3 is 2.57 bits per heavy atom. The van der Waals surface area contributed by atoms with Crippen molar-refractivity contribution < 1.29 is 9.21 Å². The number of carbonyl (C=O) groups is 1. The second kappa shape index (κ2) is 7.31. The Balaban J connectivity index is 1.55.